The van der Waals surface area contributed by atoms with E-state index in [0.29, 0.717) is 18.8 Å². The molecule has 31 heavy (non-hydrogen) atoms. The lowest BCUT2D eigenvalue weighted by Crippen LogP contribution is -2.27. The van der Waals surface area contributed by atoms with Crippen molar-refractivity contribution in [3.8, 4) is 0 Å². The third-order valence-corrected chi connectivity index (χ3v) is 5.23. The van der Waals surface area contributed by atoms with Crippen LogP contribution in [0.4, 0.5) is 8.78 Å². The standard InChI is InChI=1S/C26H22F2N2O/c27-21-13-11-19(12-14-21)20-16-24(30-17-20)25-22(9-4-10-23(25)28)26(31)29-15-5-8-18-6-2-1-3-7-18/h1-4,6-7,9-14,16H,5,8,15,17H2,(H,29,31). The first-order chi connectivity index (χ1) is 15.1. The highest BCUT2D eigenvalue weighted by Crippen LogP contribution is 2.25. The SMILES string of the molecule is O=C(NCCCc1ccccc1)c1cccc(F)c1C1=NCC(c2ccc(F)cc2)=C1. The minimum Gasteiger partial charge on any atom is -0.352 e. The van der Waals surface area contributed by atoms with E-state index in [1.807, 2.05) is 18.2 Å². The summed E-state index contributed by atoms with van der Waals surface area (Å²) < 4.78 is 27.9. The van der Waals surface area contributed by atoms with Gasteiger partial charge in [-0.1, -0.05) is 48.5 Å². The molecule has 3 aromatic rings. The maximum Gasteiger partial charge on any atom is 0.252 e. The molecular weight excluding hydrogens is 394 g/mol. The van der Waals surface area contributed by atoms with Crippen molar-refractivity contribution in [2.24, 2.45) is 4.99 Å². The first kappa shape index (κ1) is 20.7. The van der Waals surface area contributed by atoms with E-state index in [4.69, 9.17) is 0 Å². The van der Waals surface area contributed by atoms with Crippen molar-refractivity contribution in [2.45, 2.75) is 12.8 Å². The number of allylic oxidation sites excluding steroid dienone is 1. The van der Waals surface area contributed by atoms with E-state index in [9.17, 15) is 13.6 Å². The number of aryl methyl sites for hydroxylation is 1. The second-order valence-electron chi connectivity index (χ2n) is 7.39. The van der Waals surface area contributed by atoms with Crippen LogP contribution in [0.5, 0.6) is 0 Å². The third kappa shape index (κ3) is 4.94. The molecule has 1 aliphatic rings. The van der Waals surface area contributed by atoms with Crippen molar-refractivity contribution >= 4 is 17.2 Å². The van der Waals surface area contributed by atoms with E-state index in [1.54, 1.807) is 24.3 Å². The molecule has 4 rings (SSSR count). The maximum atomic E-state index is 14.7. The number of nitrogens with zero attached hydrogens (tertiary/aromatic N) is 1. The second kappa shape index (κ2) is 9.47. The molecule has 5 heteroatoms. The summed E-state index contributed by atoms with van der Waals surface area (Å²) in [6.07, 6.45) is 3.40. The van der Waals surface area contributed by atoms with Gasteiger partial charge in [0.25, 0.3) is 5.91 Å². The van der Waals surface area contributed by atoms with Crippen LogP contribution in [0.15, 0.2) is 83.9 Å². The van der Waals surface area contributed by atoms with Crippen LogP contribution in [0.25, 0.3) is 5.57 Å². The number of nitrogens with one attached hydrogen (secondary N) is 1. The summed E-state index contributed by atoms with van der Waals surface area (Å²) in [6, 6.07) is 20.6. The molecule has 0 aromatic heterocycles. The molecule has 1 heterocycles. The van der Waals surface area contributed by atoms with Gasteiger partial charge in [-0.25, -0.2) is 8.78 Å². The van der Waals surface area contributed by atoms with Gasteiger partial charge in [0, 0.05) is 12.1 Å². The van der Waals surface area contributed by atoms with Crippen molar-refractivity contribution < 1.29 is 13.6 Å². The number of hydrogen-bond donors (Lipinski definition) is 1. The van der Waals surface area contributed by atoms with Crippen LogP contribution in [0.2, 0.25) is 0 Å². The summed E-state index contributed by atoms with van der Waals surface area (Å²) in [5.74, 6) is -1.13. The van der Waals surface area contributed by atoms with Gasteiger partial charge in [0.15, 0.2) is 0 Å². The molecule has 0 saturated carbocycles. The topological polar surface area (TPSA) is 41.5 Å². The van der Waals surface area contributed by atoms with Gasteiger partial charge in [0.2, 0.25) is 0 Å². The predicted octanol–water partition coefficient (Wildman–Crippen LogP) is 5.21. The van der Waals surface area contributed by atoms with E-state index in [0.717, 1.165) is 24.0 Å². The van der Waals surface area contributed by atoms with Crippen LogP contribution < -0.4 is 5.32 Å². The van der Waals surface area contributed by atoms with Gasteiger partial charge >= 0.3 is 0 Å². The van der Waals surface area contributed by atoms with Crippen LogP contribution in [0.3, 0.4) is 0 Å². The highest BCUT2D eigenvalue weighted by Gasteiger charge is 2.21. The van der Waals surface area contributed by atoms with Gasteiger partial charge in [-0.2, -0.15) is 0 Å². The Labute approximate surface area is 180 Å². The molecule has 0 unspecified atom stereocenters. The Hall–Kier alpha value is -3.60. The van der Waals surface area contributed by atoms with Crippen LogP contribution in [-0.4, -0.2) is 24.7 Å². The second-order valence-corrected chi connectivity index (χ2v) is 7.39. The molecule has 1 aliphatic heterocycles. The Balaban J connectivity index is 1.47. The average Bonchev–Trinajstić information content (AvgIpc) is 3.27. The first-order valence-electron chi connectivity index (χ1n) is 10.2. The number of carbonyl (C=O) groups is 1. The molecule has 0 saturated heterocycles. The molecule has 0 atom stereocenters. The smallest absolute Gasteiger partial charge is 0.252 e. The van der Waals surface area contributed by atoms with Crippen molar-refractivity contribution in [1.29, 1.82) is 0 Å². The van der Waals surface area contributed by atoms with Crippen molar-refractivity contribution in [2.75, 3.05) is 13.1 Å². The normalized spacial score (nSPS) is 13.0. The lowest BCUT2D eigenvalue weighted by Gasteiger charge is -2.11. The zero-order valence-electron chi connectivity index (χ0n) is 16.9. The molecule has 0 bridgehead atoms. The van der Waals surface area contributed by atoms with Crippen LogP contribution >= 0.6 is 0 Å². The highest BCUT2D eigenvalue weighted by molar-refractivity contribution is 6.19. The fourth-order valence-corrected chi connectivity index (χ4v) is 3.62. The summed E-state index contributed by atoms with van der Waals surface area (Å²) in [6.45, 7) is 0.847. The summed E-state index contributed by atoms with van der Waals surface area (Å²) in [5.41, 5.74) is 3.76. The minimum atomic E-state index is -0.493. The summed E-state index contributed by atoms with van der Waals surface area (Å²) in [4.78, 5) is 17.2. The van der Waals surface area contributed by atoms with Gasteiger partial charge in [-0.3, -0.25) is 9.79 Å². The Bertz CT molecular complexity index is 1140. The number of amides is 1. The number of hydrogen-bond acceptors (Lipinski definition) is 2. The van der Waals surface area contributed by atoms with Crippen molar-refractivity contribution in [3.05, 3.63) is 113 Å². The summed E-state index contributed by atoms with van der Waals surface area (Å²) >= 11 is 0. The first-order valence-corrected chi connectivity index (χ1v) is 10.2. The molecular formula is C26H22F2N2O. The zero-order valence-corrected chi connectivity index (χ0v) is 16.9. The lowest BCUT2D eigenvalue weighted by atomic mass is 9.99. The quantitative estimate of drug-likeness (QED) is 0.528. The van der Waals surface area contributed by atoms with Gasteiger partial charge in [0.1, 0.15) is 11.6 Å². The average molecular weight is 416 g/mol. The predicted molar refractivity (Wildman–Crippen MR) is 119 cm³/mol. The molecule has 3 nitrogen and oxygen atoms in total. The largest absolute Gasteiger partial charge is 0.352 e. The molecule has 1 N–H and O–H groups in total. The van der Waals surface area contributed by atoms with Crippen molar-refractivity contribution in [3.63, 3.8) is 0 Å². The Morgan fingerprint density at radius 3 is 2.48 bits per heavy atom. The minimum absolute atomic E-state index is 0.195. The number of aliphatic imine (C=N–C) groups is 1. The summed E-state index contributed by atoms with van der Waals surface area (Å²) in [5, 5.41) is 2.89. The Morgan fingerprint density at radius 1 is 0.935 bits per heavy atom. The summed E-state index contributed by atoms with van der Waals surface area (Å²) in [7, 11) is 0. The van der Waals surface area contributed by atoms with E-state index in [2.05, 4.69) is 22.4 Å². The molecule has 1 amide bonds. The monoisotopic (exact) mass is 416 g/mol. The van der Waals surface area contributed by atoms with E-state index in [1.165, 1.54) is 29.8 Å². The zero-order chi connectivity index (χ0) is 21.6. The number of benzene rings is 3. The van der Waals surface area contributed by atoms with E-state index in [-0.39, 0.29) is 22.9 Å². The molecule has 3 aromatic carbocycles. The fraction of sp³-hybridized carbons (Fsp3) is 0.154. The highest BCUT2D eigenvalue weighted by atomic mass is 19.1. The van der Waals surface area contributed by atoms with Crippen LogP contribution in [0, 0.1) is 11.6 Å². The molecule has 0 aliphatic carbocycles. The maximum absolute atomic E-state index is 14.7. The number of carbonyl (C=O) groups excluding carboxylic acids is 1. The van der Waals surface area contributed by atoms with Gasteiger partial charge in [-0.15, -0.1) is 0 Å². The fourth-order valence-electron chi connectivity index (χ4n) is 3.62. The molecule has 0 spiro atoms. The number of halogens is 2. The molecule has 156 valence electrons. The van der Waals surface area contributed by atoms with Crippen molar-refractivity contribution in [1.82, 2.24) is 5.32 Å². The Kier molecular flexibility index (Phi) is 6.32. The van der Waals surface area contributed by atoms with Gasteiger partial charge in [0.05, 0.1) is 17.8 Å². The van der Waals surface area contributed by atoms with Gasteiger partial charge < -0.3 is 5.32 Å². The van der Waals surface area contributed by atoms with Crippen LogP contribution in [-0.2, 0) is 6.42 Å². The van der Waals surface area contributed by atoms with Crippen LogP contribution in [0.1, 0.15) is 33.5 Å². The number of rotatable bonds is 7. The third-order valence-electron chi connectivity index (χ3n) is 5.23. The Morgan fingerprint density at radius 2 is 1.71 bits per heavy atom. The van der Waals surface area contributed by atoms with E-state index < -0.39 is 5.82 Å². The van der Waals surface area contributed by atoms with Gasteiger partial charge in [-0.05, 0) is 59.9 Å². The molecule has 0 radical (unpaired) electrons. The molecule has 0 fully saturated rings. The van der Waals surface area contributed by atoms with E-state index >= 15 is 0 Å². The lowest BCUT2D eigenvalue weighted by molar-refractivity contribution is 0.0952.